The Hall–Kier alpha value is -2.35. The average molecular weight is 371 g/mol. The molecule has 8 heteroatoms. The second-order valence-electron chi connectivity index (χ2n) is 6.20. The number of thioether (sulfide) groups is 1. The monoisotopic (exact) mass is 371 g/mol. The van der Waals surface area contributed by atoms with Gasteiger partial charge in [-0.2, -0.15) is 0 Å². The maximum Gasteiger partial charge on any atom is 0.420 e. The normalized spacial score (nSPS) is 14.2. The summed E-state index contributed by atoms with van der Waals surface area (Å²) in [6.07, 6.45) is 4.14. The van der Waals surface area contributed by atoms with Crippen molar-refractivity contribution < 1.29 is 9.53 Å². The van der Waals surface area contributed by atoms with E-state index in [2.05, 4.69) is 19.7 Å². The van der Waals surface area contributed by atoms with Crippen LogP contribution in [0.5, 0.6) is 0 Å². The minimum Gasteiger partial charge on any atom is -0.449 e. The number of para-hydroxylation sites is 2. The van der Waals surface area contributed by atoms with Crippen LogP contribution >= 0.6 is 11.8 Å². The highest BCUT2D eigenvalue weighted by Gasteiger charge is 2.20. The Kier molecular flexibility index (Phi) is 4.92. The molecule has 1 aliphatic rings. The van der Waals surface area contributed by atoms with Gasteiger partial charge < -0.3 is 9.30 Å². The summed E-state index contributed by atoms with van der Waals surface area (Å²) in [6.45, 7) is 3.09. The van der Waals surface area contributed by atoms with Crippen molar-refractivity contribution in [1.29, 1.82) is 0 Å². The van der Waals surface area contributed by atoms with E-state index in [4.69, 9.17) is 4.74 Å². The lowest BCUT2D eigenvalue weighted by atomic mass is 10.2. The number of carbonyl (C=O) groups is 1. The summed E-state index contributed by atoms with van der Waals surface area (Å²) in [6, 6.07) is 7.59. The molecule has 0 unspecified atom stereocenters. The predicted octanol–water partition coefficient (Wildman–Crippen LogP) is 3.65. The van der Waals surface area contributed by atoms with Crippen molar-refractivity contribution in [2.24, 2.45) is 0 Å². The zero-order chi connectivity index (χ0) is 17.9. The molecular formula is C18H21N5O2S. The van der Waals surface area contributed by atoms with Gasteiger partial charge in [0.05, 0.1) is 23.4 Å². The predicted molar refractivity (Wildman–Crippen MR) is 99.3 cm³/mol. The Bertz CT molecular complexity index is 933. The van der Waals surface area contributed by atoms with Gasteiger partial charge in [0.1, 0.15) is 11.6 Å². The minimum atomic E-state index is -0.399. The number of imidazole rings is 1. The zero-order valence-electron chi connectivity index (χ0n) is 14.7. The van der Waals surface area contributed by atoms with Crippen molar-refractivity contribution in [1.82, 2.24) is 24.3 Å². The third-order valence-electron chi connectivity index (χ3n) is 4.50. The van der Waals surface area contributed by atoms with E-state index in [0.717, 1.165) is 42.1 Å². The molecule has 2 aromatic heterocycles. The van der Waals surface area contributed by atoms with Crippen molar-refractivity contribution >= 4 is 28.9 Å². The van der Waals surface area contributed by atoms with Crippen LogP contribution in [0.4, 0.5) is 4.79 Å². The Morgan fingerprint density at radius 1 is 1.23 bits per heavy atom. The lowest BCUT2D eigenvalue weighted by Gasteiger charge is -2.08. The molecule has 26 heavy (non-hydrogen) atoms. The summed E-state index contributed by atoms with van der Waals surface area (Å²) in [5, 5.41) is 9.32. The largest absolute Gasteiger partial charge is 0.449 e. The smallest absolute Gasteiger partial charge is 0.420 e. The number of aromatic nitrogens is 5. The average Bonchev–Trinajstić information content (AvgIpc) is 3.12. The van der Waals surface area contributed by atoms with Gasteiger partial charge in [-0.1, -0.05) is 30.3 Å². The fourth-order valence-corrected chi connectivity index (χ4v) is 4.18. The molecule has 7 nitrogen and oxygen atoms in total. The van der Waals surface area contributed by atoms with Gasteiger partial charge in [-0.25, -0.2) is 14.3 Å². The van der Waals surface area contributed by atoms with Gasteiger partial charge in [0.2, 0.25) is 0 Å². The number of ether oxygens (including phenoxy) is 1. The van der Waals surface area contributed by atoms with E-state index in [9.17, 15) is 4.79 Å². The number of hydrogen-bond donors (Lipinski definition) is 0. The van der Waals surface area contributed by atoms with Gasteiger partial charge in [0.15, 0.2) is 5.16 Å². The van der Waals surface area contributed by atoms with E-state index in [1.54, 1.807) is 11.5 Å². The summed E-state index contributed by atoms with van der Waals surface area (Å²) >= 11 is 1.49. The SMILES string of the molecule is CCOC(=O)n1c(SCc2nnc3n2CCCCC3)nc2ccccc21. The van der Waals surface area contributed by atoms with Crippen LogP contribution in [-0.4, -0.2) is 37.0 Å². The molecular weight excluding hydrogens is 350 g/mol. The molecule has 1 aliphatic heterocycles. The first kappa shape index (κ1) is 17.1. The molecule has 0 fully saturated rings. The van der Waals surface area contributed by atoms with Gasteiger partial charge in [-0.3, -0.25) is 0 Å². The van der Waals surface area contributed by atoms with Crippen molar-refractivity contribution in [2.45, 2.75) is 50.1 Å². The highest BCUT2D eigenvalue weighted by atomic mass is 32.2. The van der Waals surface area contributed by atoms with E-state index < -0.39 is 6.09 Å². The van der Waals surface area contributed by atoms with Gasteiger partial charge in [0, 0.05) is 13.0 Å². The van der Waals surface area contributed by atoms with Crippen LogP contribution in [0.1, 0.15) is 37.8 Å². The fourth-order valence-electron chi connectivity index (χ4n) is 3.25. The fraction of sp³-hybridized carbons (Fsp3) is 0.444. The lowest BCUT2D eigenvalue weighted by Crippen LogP contribution is -2.14. The summed E-state index contributed by atoms with van der Waals surface area (Å²) in [5.74, 6) is 2.63. The van der Waals surface area contributed by atoms with Crippen LogP contribution < -0.4 is 0 Å². The molecule has 3 aromatic rings. The van der Waals surface area contributed by atoms with E-state index in [1.165, 1.54) is 24.6 Å². The summed E-state index contributed by atoms with van der Waals surface area (Å²) < 4.78 is 8.98. The van der Waals surface area contributed by atoms with E-state index in [-0.39, 0.29) is 0 Å². The Morgan fingerprint density at radius 3 is 3.00 bits per heavy atom. The zero-order valence-corrected chi connectivity index (χ0v) is 15.5. The number of nitrogens with zero attached hydrogens (tertiary/aromatic N) is 5. The van der Waals surface area contributed by atoms with Gasteiger partial charge >= 0.3 is 6.09 Å². The van der Waals surface area contributed by atoms with Crippen LogP contribution in [0.3, 0.4) is 0 Å². The Morgan fingerprint density at radius 2 is 2.12 bits per heavy atom. The lowest BCUT2D eigenvalue weighted by molar-refractivity contribution is 0.152. The van der Waals surface area contributed by atoms with Crippen LogP contribution in [0.15, 0.2) is 29.4 Å². The van der Waals surface area contributed by atoms with Crippen LogP contribution in [0.25, 0.3) is 11.0 Å². The number of rotatable bonds is 4. The molecule has 0 saturated carbocycles. The molecule has 0 radical (unpaired) electrons. The summed E-state index contributed by atoms with van der Waals surface area (Å²) in [4.78, 5) is 17.0. The second-order valence-corrected chi connectivity index (χ2v) is 7.14. The molecule has 0 N–H and O–H groups in total. The van der Waals surface area contributed by atoms with Gasteiger partial charge in [0.25, 0.3) is 0 Å². The molecule has 0 atom stereocenters. The summed E-state index contributed by atoms with van der Waals surface area (Å²) in [5.41, 5.74) is 1.54. The molecule has 3 heterocycles. The number of aryl methyl sites for hydroxylation is 1. The van der Waals surface area contributed by atoms with Crippen molar-refractivity contribution in [3.8, 4) is 0 Å². The topological polar surface area (TPSA) is 74.8 Å². The minimum absolute atomic E-state index is 0.327. The maximum absolute atomic E-state index is 12.4. The van der Waals surface area contributed by atoms with Gasteiger partial charge in [-0.05, 0) is 31.9 Å². The summed E-state index contributed by atoms with van der Waals surface area (Å²) in [7, 11) is 0. The molecule has 4 rings (SSSR count). The molecule has 0 saturated heterocycles. The quantitative estimate of drug-likeness (QED) is 0.652. The standard InChI is InChI=1S/C18H21N5O2S/c1-2-25-18(24)23-14-9-6-5-8-13(14)19-17(23)26-12-16-21-20-15-10-4-3-7-11-22(15)16/h5-6,8-9H,2-4,7,10-12H2,1H3. The molecule has 0 amide bonds. The molecule has 1 aromatic carbocycles. The molecule has 0 spiro atoms. The van der Waals surface area contributed by atoms with Crippen molar-refractivity contribution in [2.75, 3.05) is 6.61 Å². The second kappa shape index (κ2) is 7.49. The van der Waals surface area contributed by atoms with E-state index in [0.29, 0.717) is 17.5 Å². The third kappa shape index (κ3) is 3.21. The number of carbonyl (C=O) groups excluding carboxylic acids is 1. The van der Waals surface area contributed by atoms with Crippen LogP contribution in [0.2, 0.25) is 0 Å². The molecule has 0 bridgehead atoms. The molecule has 0 aliphatic carbocycles. The van der Waals surface area contributed by atoms with Gasteiger partial charge in [-0.15, -0.1) is 10.2 Å². The van der Waals surface area contributed by atoms with Crippen LogP contribution in [0, 0.1) is 0 Å². The first-order valence-electron chi connectivity index (χ1n) is 8.96. The number of benzene rings is 1. The molecule has 136 valence electrons. The highest BCUT2D eigenvalue weighted by Crippen LogP contribution is 2.27. The first-order valence-corrected chi connectivity index (χ1v) is 9.95. The van der Waals surface area contributed by atoms with Crippen LogP contribution in [-0.2, 0) is 23.5 Å². The number of hydrogen-bond acceptors (Lipinski definition) is 6. The maximum atomic E-state index is 12.4. The van der Waals surface area contributed by atoms with Crippen molar-refractivity contribution in [3.05, 3.63) is 35.9 Å². The van der Waals surface area contributed by atoms with Crippen molar-refractivity contribution in [3.63, 3.8) is 0 Å². The highest BCUT2D eigenvalue weighted by molar-refractivity contribution is 7.98. The van der Waals surface area contributed by atoms with E-state index in [1.807, 2.05) is 24.3 Å². The van der Waals surface area contributed by atoms with E-state index >= 15 is 0 Å². The third-order valence-corrected chi connectivity index (χ3v) is 5.43. The number of fused-ring (bicyclic) bond motifs is 2. The first-order chi connectivity index (χ1) is 12.8. The Balaban J connectivity index is 1.62. The Labute approximate surface area is 155 Å².